The number of unbranched alkanes of at least 4 members (excludes halogenated alkanes) is 11. The maximum absolute atomic E-state index is 11.2. The van der Waals surface area contributed by atoms with Gasteiger partial charge in [0, 0.05) is 0 Å². The lowest BCUT2D eigenvalue weighted by atomic mass is 10.1. The van der Waals surface area contributed by atoms with Crippen LogP contribution in [0.2, 0.25) is 0 Å². The van der Waals surface area contributed by atoms with Crippen molar-refractivity contribution in [3.05, 3.63) is 0 Å². The van der Waals surface area contributed by atoms with Gasteiger partial charge < -0.3 is 16.2 Å². The number of carbonyl (C=O) groups is 1. The van der Waals surface area contributed by atoms with Crippen LogP contribution >= 0.6 is 12.2 Å². The number of carboxylic acid groups (broad SMARTS) is 1. The minimum absolute atomic E-state index is 0.563. The van der Waals surface area contributed by atoms with E-state index in [1.807, 2.05) is 0 Å². The molecule has 0 aliphatic rings. The van der Waals surface area contributed by atoms with Crippen LogP contribution in [-0.2, 0) is 4.79 Å². The Morgan fingerprint density at radius 1 is 0.920 bits per heavy atom. The van der Waals surface area contributed by atoms with Crippen LogP contribution in [0.5, 0.6) is 0 Å². The molecule has 0 heterocycles. The molecule has 0 unspecified atom stereocenters. The fourth-order valence-corrected chi connectivity index (χ4v) is 3.25. The Morgan fingerprint density at radius 3 is 1.92 bits per heavy atom. The number of nitrogens with one attached hydrogen (secondary N) is 1. The molecule has 4 nitrogen and oxygen atoms in total. The first-order valence-corrected chi connectivity index (χ1v) is 10.7. The van der Waals surface area contributed by atoms with Gasteiger partial charge in [0.2, 0.25) is 0 Å². The van der Waals surface area contributed by atoms with E-state index in [0.29, 0.717) is 18.0 Å². The summed E-state index contributed by atoms with van der Waals surface area (Å²) in [5.74, 6) is -0.821. The summed E-state index contributed by atoms with van der Waals surface area (Å²) in [5.41, 5.74) is 5.45. The minimum Gasteiger partial charge on any atom is -0.480 e. The molecular formula is C20H40N2O2S. The smallest absolute Gasteiger partial charge is 0.326 e. The molecule has 0 aromatic heterocycles. The van der Waals surface area contributed by atoms with E-state index in [0.717, 1.165) is 25.7 Å². The highest BCUT2D eigenvalue weighted by atomic mass is 32.1. The van der Waals surface area contributed by atoms with Gasteiger partial charge in [-0.1, -0.05) is 83.3 Å². The Morgan fingerprint density at radius 2 is 1.44 bits per heavy atom. The van der Waals surface area contributed by atoms with E-state index >= 15 is 0 Å². The second kappa shape index (κ2) is 18.1. The molecular weight excluding hydrogens is 332 g/mol. The fourth-order valence-electron chi connectivity index (χ4n) is 2.97. The van der Waals surface area contributed by atoms with Gasteiger partial charge in [0.25, 0.3) is 0 Å². The molecule has 4 N–H and O–H groups in total. The Hall–Kier alpha value is -0.680. The maximum Gasteiger partial charge on any atom is 0.326 e. The van der Waals surface area contributed by atoms with Crippen LogP contribution in [-0.4, -0.2) is 28.7 Å². The van der Waals surface area contributed by atoms with Crippen LogP contribution in [0.1, 0.15) is 103 Å². The minimum atomic E-state index is -0.821. The van der Waals surface area contributed by atoms with Crippen molar-refractivity contribution in [1.29, 1.82) is 0 Å². The molecule has 0 aliphatic heterocycles. The van der Waals surface area contributed by atoms with Crippen molar-refractivity contribution >= 4 is 23.2 Å². The first-order valence-electron chi connectivity index (χ1n) is 10.3. The summed E-state index contributed by atoms with van der Waals surface area (Å²) >= 11 is 5.30. The van der Waals surface area contributed by atoms with E-state index in [1.54, 1.807) is 0 Å². The van der Waals surface area contributed by atoms with Crippen LogP contribution in [0.4, 0.5) is 0 Å². The lowest BCUT2D eigenvalue weighted by Gasteiger charge is -2.16. The highest BCUT2D eigenvalue weighted by Gasteiger charge is 2.17. The van der Waals surface area contributed by atoms with E-state index in [2.05, 4.69) is 12.2 Å². The van der Waals surface area contributed by atoms with Crippen LogP contribution in [0, 0.1) is 0 Å². The standard InChI is InChI=1S/C20H40N2O2S/c1-2-3-4-5-6-7-8-9-10-11-12-16-19(25)22-18(20(23)24)15-13-14-17-21/h18H,2-17,21H2,1H3,(H,22,25)(H,23,24)/t18-/m0/s1. The van der Waals surface area contributed by atoms with E-state index in [9.17, 15) is 9.90 Å². The van der Waals surface area contributed by atoms with Gasteiger partial charge in [-0.05, 0) is 38.6 Å². The number of hydrogen-bond acceptors (Lipinski definition) is 3. The zero-order valence-electron chi connectivity index (χ0n) is 16.2. The highest BCUT2D eigenvalue weighted by Crippen LogP contribution is 2.12. The third-order valence-corrected chi connectivity index (χ3v) is 4.91. The van der Waals surface area contributed by atoms with Gasteiger partial charge in [-0.25, -0.2) is 4.79 Å². The normalized spacial score (nSPS) is 12.1. The monoisotopic (exact) mass is 372 g/mol. The fraction of sp³-hybridized carbons (Fsp3) is 0.900. The first-order chi connectivity index (χ1) is 12.1. The number of aliphatic carboxylic acids is 1. The van der Waals surface area contributed by atoms with Crippen LogP contribution < -0.4 is 11.1 Å². The summed E-state index contributed by atoms with van der Waals surface area (Å²) < 4.78 is 0. The summed E-state index contributed by atoms with van der Waals surface area (Å²) in [6.45, 7) is 2.86. The Balaban J connectivity index is 3.54. The predicted molar refractivity (Wildman–Crippen MR) is 111 cm³/mol. The summed E-state index contributed by atoms with van der Waals surface area (Å²) in [4.78, 5) is 11.9. The van der Waals surface area contributed by atoms with Crippen molar-refractivity contribution in [2.24, 2.45) is 5.73 Å². The highest BCUT2D eigenvalue weighted by molar-refractivity contribution is 7.80. The lowest BCUT2D eigenvalue weighted by molar-refractivity contribution is -0.139. The maximum atomic E-state index is 11.2. The molecule has 0 aliphatic carbocycles. The second-order valence-corrected chi connectivity index (χ2v) is 7.52. The molecule has 0 amide bonds. The molecule has 148 valence electrons. The number of thiocarbonyl (C=S) groups is 1. The van der Waals surface area contributed by atoms with Gasteiger partial charge in [0.15, 0.2) is 0 Å². The summed E-state index contributed by atoms with van der Waals surface area (Å²) in [6, 6.07) is -0.563. The molecule has 0 bridgehead atoms. The Labute approximate surface area is 160 Å². The van der Waals surface area contributed by atoms with E-state index in [1.165, 1.54) is 64.2 Å². The van der Waals surface area contributed by atoms with E-state index < -0.39 is 12.0 Å². The topological polar surface area (TPSA) is 75.3 Å². The molecule has 0 aromatic rings. The van der Waals surface area contributed by atoms with Crippen molar-refractivity contribution in [2.45, 2.75) is 109 Å². The average Bonchev–Trinajstić information content (AvgIpc) is 2.58. The zero-order chi connectivity index (χ0) is 18.8. The molecule has 0 saturated heterocycles. The summed E-state index contributed by atoms with van der Waals surface area (Å²) in [6.07, 6.45) is 17.5. The molecule has 0 spiro atoms. The van der Waals surface area contributed by atoms with Gasteiger partial charge >= 0.3 is 5.97 Å². The number of rotatable bonds is 18. The van der Waals surface area contributed by atoms with Crippen molar-refractivity contribution in [1.82, 2.24) is 5.32 Å². The largest absolute Gasteiger partial charge is 0.480 e. The first kappa shape index (κ1) is 24.3. The van der Waals surface area contributed by atoms with Crippen LogP contribution in [0.15, 0.2) is 0 Å². The van der Waals surface area contributed by atoms with E-state index in [4.69, 9.17) is 18.0 Å². The lowest BCUT2D eigenvalue weighted by Crippen LogP contribution is -2.39. The van der Waals surface area contributed by atoms with Gasteiger partial charge in [-0.15, -0.1) is 0 Å². The molecule has 0 fully saturated rings. The van der Waals surface area contributed by atoms with Gasteiger partial charge in [-0.3, -0.25) is 0 Å². The zero-order valence-corrected chi connectivity index (χ0v) is 17.0. The van der Waals surface area contributed by atoms with Gasteiger partial charge in [0.05, 0.1) is 4.99 Å². The van der Waals surface area contributed by atoms with Gasteiger partial charge in [0.1, 0.15) is 6.04 Å². The average molecular weight is 373 g/mol. The van der Waals surface area contributed by atoms with Crippen molar-refractivity contribution in [3.8, 4) is 0 Å². The molecule has 0 radical (unpaired) electrons. The molecule has 0 aromatic carbocycles. The number of hydrogen-bond donors (Lipinski definition) is 3. The predicted octanol–water partition coefficient (Wildman–Crippen LogP) is 5.19. The summed E-state index contributed by atoms with van der Waals surface area (Å²) in [5, 5.41) is 12.2. The molecule has 0 saturated carbocycles. The van der Waals surface area contributed by atoms with Crippen molar-refractivity contribution in [3.63, 3.8) is 0 Å². The Kier molecular flexibility index (Phi) is 17.6. The SMILES string of the molecule is CCCCCCCCCCCCCC(=S)N[C@@H](CCCCN)C(=O)O. The third-order valence-electron chi connectivity index (χ3n) is 4.59. The second-order valence-electron chi connectivity index (χ2n) is 7.03. The molecule has 0 rings (SSSR count). The molecule has 25 heavy (non-hydrogen) atoms. The van der Waals surface area contributed by atoms with Crippen LogP contribution in [0.25, 0.3) is 0 Å². The van der Waals surface area contributed by atoms with Gasteiger partial charge in [-0.2, -0.15) is 0 Å². The number of carboxylic acids is 1. The van der Waals surface area contributed by atoms with Crippen LogP contribution in [0.3, 0.4) is 0 Å². The van der Waals surface area contributed by atoms with E-state index in [-0.39, 0.29) is 0 Å². The number of nitrogens with two attached hydrogens (primary N) is 1. The quantitative estimate of drug-likeness (QED) is 0.228. The molecule has 1 atom stereocenters. The Bertz CT molecular complexity index is 338. The summed E-state index contributed by atoms with van der Waals surface area (Å²) in [7, 11) is 0. The third kappa shape index (κ3) is 16.5. The van der Waals surface area contributed by atoms with Crippen molar-refractivity contribution in [2.75, 3.05) is 6.54 Å². The molecule has 5 heteroatoms. The van der Waals surface area contributed by atoms with Crippen molar-refractivity contribution < 1.29 is 9.90 Å².